The summed E-state index contributed by atoms with van der Waals surface area (Å²) in [5.74, 6) is -2.00. The average Bonchev–Trinajstić information content (AvgIpc) is 3.29. The maximum atomic E-state index is 14.8. The molecule has 10 nitrogen and oxygen atoms in total. The second kappa shape index (κ2) is 10.3. The summed E-state index contributed by atoms with van der Waals surface area (Å²) in [5, 5.41) is 3.29. The van der Waals surface area contributed by atoms with E-state index in [0.717, 1.165) is 0 Å². The van der Waals surface area contributed by atoms with Crippen LogP contribution in [0, 0.1) is 5.92 Å². The van der Waals surface area contributed by atoms with Crippen molar-refractivity contribution in [3.63, 3.8) is 0 Å². The van der Waals surface area contributed by atoms with Crippen LogP contribution in [0.2, 0.25) is 5.02 Å². The van der Waals surface area contributed by atoms with Crippen molar-refractivity contribution in [2.24, 2.45) is 5.92 Å². The van der Waals surface area contributed by atoms with Gasteiger partial charge in [0.1, 0.15) is 22.1 Å². The number of carbonyl (C=O) groups excluding carboxylic acids is 3. The number of ether oxygens (including phenoxy) is 6. The molecule has 41 heavy (non-hydrogen) atoms. The van der Waals surface area contributed by atoms with Gasteiger partial charge in [0.15, 0.2) is 17.2 Å². The number of Topliss-reactive ketones (excluding diaryl/α,β-unsaturated/α-hetero) is 2. The Morgan fingerprint density at radius 1 is 0.951 bits per heavy atom. The number of hydrogen-bond donors (Lipinski definition) is 1. The summed E-state index contributed by atoms with van der Waals surface area (Å²) in [7, 11) is 7.11. The van der Waals surface area contributed by atoms with Crippen molar-refractivity contribution in [2.75, 3.05) is 35.5 Å². The first-order valence-corrected chi connectivity index (χ1v) is 13.2. The van der Waals surface area contributed by atoms with E-state index in [0.29, 0.717) is 28.5 Å². The normalized spacial score (nSPS) is 23.0. The maximum absolute atomic E-state index is 14.8. The van der Waals surface area contributed by atoms with Gasteiger partial charge in [0.2, 0.25) is 17.2 Å². The number of allylic oxidation sites excluding steroid dienone is 2. The van der Waals surface area contributed by atoms with Crippen molar-refractivity contribution in [3.05, 3.63) is 63.0 Å². The molecule has 216 valence electrons. The number of benzene rings is 2. The van der Waals surface area contributed by atoms with Gasteiger partial charge in [-0.2, -0.15) is 0 Å². The van der Waals surface area contributed by atoms with Crippen LogP contribution in [0.25, 0.3) is 0 Å². The van der Waals surface area contributed by atoms with Crippen LogP contribution in [0.15, 0.2) is 46.8 Å². The standard InChI is InChI=1S/C30H30ClNO9/c1-13-10-16-23(27(33)30(13)28(34)24-19(38-5)12-20(39-6)25(31)26(24)41-30)22(21(14(2)32-16)29(35)40-7)15-8-9-17(36-3)18(11-15)37-4/h8-9,11-13,22,32H,10H2,1-7H3/t13-,22-,30+/m1/s1. The highest BCUT2D eigenvalue weighted by Gasteiger charge is 2.63. The highest BCUT2D eigenvalue weighted by molar-refractivity contribution is 6.36. The summed E-state index contributed by atoms with van der Waals surface area (Å²) in [6.45, 7) is 3.51. The Morgan fingerprint density at radius 2 is 1.61 bits per heavy atom. The predicted octanol–water partition coefficient (Wildman–Crippen LogP) is 4.39. The van der Waals surface area contributed by atoms with E-state index in [2.05, 4.69) is 5.32 Å². The van der Waals surface area contributed by atoms with E-state index in [1.54, 1.807) is 32.0 Å². The minimum Gasteiger partial charge on any atom is -0.496 e. The fraction of sp³-hybridized carbons (Fsp3) is 0.367. The highest BCUT2D eigenvalue weighted by atomic mass is 35.5. The average molecular weight is 584 g/mol. The number of dihydropyridines is 1. The molecule has 3 atom stereocenters. The van der Waals surface area contributed by atoms with E-state index in [4.69, 9.17) is 40.0 Å². The van der Waals surface area contributed by atoms with E-state index in [1.165, 1.54) is 41.6 Å². The molecule has 0 amide bonds. The highest BCUT2D eigenvalue weighted by Crippen LogP contribution is 2.56. The molecule has 0 unspecified atom stereocenters. The van der Waals surface area contributed by atoms with Gasteiger partial charge >= 0.3 is 5.97 Å². The first-order valence-electron chi connectivity index (χ1n) is 12.8. The second-order valence-corrected chi connectivity index (χ2v) is 10.4. The van der Waals surface area contributed by atoms with Gasteiger partial charge < -0.3 is 33.7 Å². The number of rotatable bonds is 6. The molecule has 5 rings (SSSR count). The Bertz CT molecular complexity index is 1560. The Kier molecular flexibility index (Phi) is 7.15. The number of hydrogen-bond acceptors (Lipinski definition) is 10. The van der Waals surface area contributed by atoms with Crippen molar-refractivity contribution in [2.45, 2.75) is 31.8 Å². The van der Waals surface area contributed by atoms with Gasteiger partial charge in [-0.25, -0.2) is 4.79 Å². The van der Waals surface area contributed by atoms with Crippen LogP contribution in [-0.2, 0) is 14.3 Å². The largest absolute Gasteiger partial charge is 0.496 e. The number of esters is 1. The van der Waals surface area contributed by atoms with Gasteiger partial charge in [0.05, 0.1) is 41.1 Å². The number of carbonyl (C=O) groups is 3. The summed E-state index contributed by atoms with van der Waals surface area (Å²) < 4.78 is 33.2. The molecule has 1 spiro atoms. The molecule has 0 radical (unpaired) electrons. The fourth-order valence-electron chi connectivity index (χ4n) is 6.02. The SMILES string of the molecule is COC(=O)C1=C(C)NC2=C(C(=O)[C@@]3(Oc4c(Cl)c(OC)cc(OC)c4C3=O)[C@H](C)C2)[C@@H]1c1ccc(OC)c(OC)c1. The quantitative estimate of drug-likeness (QED) is 0.387. The first kappa shape index (κ1) is 28.4. The molecule has 0 saturated carbocycles. The zero-order valence-corrected chi connectivity index (χ0v) is 24.5. The first-order chi connectivity index (χ1) is 19.6. The minimum atomic E-state index is -1.95. The zero-order chi connectivity index (χ0) is 29.8. The van der Waals surface area contributed by atoms with Crippen LogP contribution < -0.4 is 29.0 Å². The molecule has 1 aliphatic carbocycles. The van der Waals surface area contributed by atoms with Crippen LogP contribution in [0.3, 0.4) is 0 Å². The smallest absolute Gasteiger partial charge is 0.336 e. The fourth-order valence-corrected chi connectivity index (χ4v) is 6.29. The molecule has 3 aliphatic rings. The lowest BCUT2D eigenvalue weighted by atomic mass is 9.65. The van der Waals surface area contributed by atoms with Crippen molar-refractivity contribution in [1.29, 1.82) is 0 Å². The molecule has 11 heteroatoms. The summed E-state index contributed by atoms with van der Waals surface area (Å²) in [6, 6.07) is 6.62. The van der Waals surface area contributed by atoms with Gasteiger partial charge in [-0.05, 0) is 31.0 Å². The lowest BCUT2D eigenvalue weighted by molar-refractivity contribution is -0.136. The summed E-state index contributed by atoms with van der Waals surface area (Å²) >= 11 is 6.59. The Morgan fingerprint density at radius 3 is 2.22 bits per heavy atom. The lowest BCUT2D eigenvalue weighted by Gasteiger charge is -2.42. The summed E-state index contributed by atoms with van der Waals surface area (Å²) in [6.07, 6.45) is 0.271. The molecular weight excluding hydrogens is 554 g/mol. The number of ketones is 2. The maximum Gasteiger partial charge on any atom is 0.336 e. The minimum absolute atomic E-state index is 0.0171. The summed E-state index contributed by atoms with van der Waals surface area (Å²) in [5.41, 5.74) is 0.224. The van der Waals surface area contributed by atoms with Crippen molar-refractivity contribution in [1.82, 2.24) is 5.32 Å². The van der Waals surface area contributed by atoms with E-state index >= 15 is 0 Å². The molecule has 2 aliphatic heterocycles. The van der Waals surface area contributed by atoms with Crippen LogP contribution in [0.4, 0.5) is 0 Å². The molecule has 1 N–H and O–H groups in total. The van der Waals surface area contributed by atoms with Gasteiger partial charge in [-0.15, -0.1) is 0 Å². The van der Waals surface area contributed by atoms with E-state index in [-0.39, 0.29) is 45.4 Å². The third-order valence-electron chi connectivity index (χ3n) is 8.00. The van der Waals surface area contributed by atoms with Crippen LogP contribution in [0.1, 0.15) is 42.1 Å². The van der Waals surface area contributed by atoms with Gasteiger partial charge in [0.25, 0.3) is 0 Å². The zero-order valence-electron chi connectivity index (χ0n) is 23.7. The topological polar surface area (TPSA) is 119 Å². The number of methoxy groups -OCH3 is 5. The molecule has 2 heterocycles. The van der Waals surface area contributed by atoms with Gasteiger partial charge in [-0.3, -0.25) is 9.59 Å². The van der Waals surface area contributed by atoms with Crippen LogP contribution in [0.5, 0.6) is 28.7 Å². The molecule has 2 aromatic carbocycles. The Labute approximate surface area is 242 Å². The Balaban J connectivity index is 1.73. The van der Waals surface area contributed by atoms with Crippen LogP contribution in [-0.4, -0.2) is 58.7 Å². The van der Waals surface area contributed by atoms with Crippen molar-refractivity contribution in [3.8, 4) is 28.7 Å². The molecule has 0 fully saturated rings. The van der Waals surface area contributed by atoms with Gasteiger partial charge in [-0.1, -0.05) is 24.6 Å². The second-order valence-electron chi connectivity index (χ2n) is 10.00. The molecule has 0 bridgehead atoms. The van der Waals surface area contributed by atoms with E-state index in [1.807, 2.05) is 0 Å². The third kappa shape index (κ3) is 3.95. The molecule has 2 aromatic rings. The molecule has 0 saturated heterocycles. The third-order valence-corrected chi connectivity index (χ3v) is 8.35. The number of fused-ring (bicyclic) bond motifs is 1. The summed E-state index contributed by atoms with van der Waals surface area (Å²) in [4.78, 5) is 42.2. The monoisotopic (exact) mass is 583 g/mol. The number of nitrogens with one attached hydrogen (secondary N) is 1. The van der Waals surface area contributed by atoms with Crippen LogP contribution >= 0.6 is 11.6 Å². The lowest BCUT2D eigenvalue weighted by Crippen LogP contribution is -2.58. The van der Waals surface area contributed by atoms with Crippen molar-refractivity contribution >= 4 is 29.1 Å². The van der Waals surface area contributed by atoms with E-state index in [9.17, 15) is 14.4 Å². The van der Waals surface area contributed by atoms with Gasteiger partial charge in [0, 0.05) is 34.9 Å². The Hall–Kier alpha value is -4.18. The molecule has 0 aromatic heterocycles. The molecular formula is C30H30ClNO9. The van der Waals surface area contributed by atoms with E-state index < -0.39 is 35.0 Å². The van der Waals surface area contributed by atoms with Crippen molar-refractivity contribution < 1.29 is 42.8 Å². The predicted molar refractivity (Wildman–Crippen MR) is 148 cm³/mol. The number of halogens is 1.